The summed E-state index contributed by atoms with van der Waals surface area (Å²) in [5.41, 5.74) is 0.610. The summed E-state index contributed by atoms with van der Waals surface area (Å²) in [6.07, 6.45) is 0.577. The Balaban J connectivity index is 2.15. The Bertz CT molecular complexity index is 908. The topological polar surface area (TPSA) is 125 Å². The number of amides is 3. The standard InChI is InChI=1S/C19H28N4O6S/c1-13(2)12-29-19(26)23-9-7-22(8-10-23)18(25)16-11-15(20-14(3)24)5-6-17(16)21-30(4,27)28/h5-6,11,13,21H,7-10,12H2,1-4H3,(H,20,24). The maximum absolute atomic E-state index is 13.1. The Morgan fingerprint density at radius 2 is 1.70 bits per heavy atom. The van der Waals surface area contributed by atoms with Crippen LogP contribution in [0.25, 0.3) is 0 Å². The Morgan fingerprint density at radius 3 is 2.23 bits per heavy atom. The predicted molar refractivity (Wildman–Crippen MR) is 113 cm³/mol. The van der Waals surface area contributed by atoms with Gasteiger partial charge in [0.05, 0.1) is 24.1 Å². The minimum Gasteiger partial charge on any atom is -0.449 e. The van der Waals surface area contributed by atoms with Crippen LogP contribution in [-0.2, 0) is 19.6 Å². The Morgan fingerprint density at radius 1 is 1.10 bits per heavy atom. The van der Waals surface area contributed by atoms with E-state index in [0.717, 1.165) is 6.26 Å². The number of anilines is 2. The summed E-state index contributed by atoms with van der Waals surface area (Å²) >= 11 is 0. The fourth-order valence-corrected chi connectivity index (χ4v) is 3.46. The lowest BCUT2D eigenvalue weighted by Crippen LogP contribution is -2.51. The van der Waals surface area contributed by atoms with E-state index in [1.807, 2.05) is 13.8 Å². The Labute approximate surface area is 176 Å². The number of carbonyl (C=O) groups is 3. The van der Waals surface area contributed by atoms with E-state index in [1.165, 1.54) is 34.9 Å². The Kier molecular flexibility index (Phi) is 7.65. The quantitative estimate of drug-likeness (QED) is 0.692. The highest BCUT2D eigenvalue weighted by molar-refractivity contribution is 7.92. The van der Waals surface area contributed by atoms with Gasteiger partial charge in [-0.15, -0.1) is 0 Å². The molecule has 0 aromatic heterocycles. The molecule has 1 heterocycles. The number of ether oxygens (including phenoxy) is 1. The molecule has 1 aromatic rings. The maximum atomic E-state index is 13.1. The molecule has 1 aliphatic rings. The molecular formula is C19H28N4O6S. The average molecular weight is 441 g/mol. The van der Waals surface area contributed by atoms with E-state index in [9.17, 15) is 22.8 Å². The van der Waals surface area contributed by atoms with Crippen molar-refractivity contribution in [2.24, 2.45) is 5.92 Å². The monoisotopic (exact) mass is 440 g/mol. The summed E-state index contributed by atoms with van der Waals surface area (Å²) in [6.45, 7) is 6.72. The van der Waals surface area contributed by atoms with Crippen molar-refractivity contribution in [3.05, 3.63) is 23.8 Å². The van der Waals surface area contributed by atoms with Crippen molar-refractivity contribution in [1.82, 2.24) is 9.80 Å². The molecule has 0 spiro atoms. The molecule has 1 fully saturated rings. The second-order valence-electron chi connectivity index (χ2n) is 7.57. The zero-order valence-corrected chi connectivity index (χ0v) is 18.4. The van der Waals surface area contributed by atoms with Crippen molar-refractivity contribution in [2.75, 3.05) is 49.1 Å². The Hall–Kier alpha value is -2.82. The number of carbonyl (C=O) groups excluding carboxylic acids is 3. The lowest BCUT2D eigenvalue weighted by molar-refractivity contribution is -0.114. The number of benzene rings is 1. The molecule has 1 aliphatic heterocycles. The first-order valence-corrected chi connectivity index (χ1v) is 11.5. The van der Waals surface area contributed by atoms with E-state index in [1.54, 1.807) is 0 Å². The van der Waals surface area contributed by atoms with Crippen LogP contribution < -0.4 is 10.0 Å². The maximum Gasteiger partial charge on any atom is 0.409 e. The minimum absolute atomic E-state index is 0.113. The van der Waals surface area contributed by atoms with Gasteiger partial charge in [-0.25, -0.2) is 13.2 Å². The summed E-state index contributed by atoms with van der Waals surface area (Å²) in [5, 5.41) is 2.58. The van der Waals surface area contributed by atoms with Gasteiger partial charge in [0, 0.05) is 38.8 Å². The van der Waals surface area contributed by atoms with Crippen molar-refractivity contribution >= 4 is 39.3 Å². The minimum atomic E-state index is -3.61. The van der Waals surface area contributed by atoms with E-state index in [0.29, 0.717) is 25.4 Å². The summed E-state index contributed by atoms with van der Waals surface area (Å²) in [7, 11) is -3.61. The molecular weight excluding hydrogens is 412 g/mol. The van der Waals surface area contributed by atoms with Crippen LogP contribution in [-0.4, -0.2) is 75.2 Å². The van der Waals surface area contributed by atoms with Gasteiger partial charge in [-0.1, -0.05) is 13.8 Å². The molecule has 0 unspecified atom stereocenters. The molecule has 0 radical (unpaired) electrons. The van der Waals surface area contributed by atoms with E-state index in [-0.39, 0.29) is 36.2 Å². The number of nitrogens with one attached hydrogen (secondary N) is 2. The van der Waals surface area contributed by atoms with Gasteiger partial charge in [0.15, 0.2) is 0 Å². The van der Waals surface area contributed by atoms with Gasteiger partial charge in [-0.05, 0) is 24.1 Å². The van der Waals surface area contributed by atoms with Gasteiger partial charge >= 0.3 is 6.09 Å². The number of hydrogen-bond donors (Lipinski definition) is 2. The molecule has 166 valence electrons. The van der Waals surface area contributed by atoms with Gasteiger partial charge < -0.3 is 19.9 Å². The molecule has 11 heteroatoms. The third kappa shape index (κ3) is 6.90. The van der Waals surface area contributed by atoms with E-state index >= 15 is 0 Å². The number of hydrogen-bond acceptors (Lipinski definition) is 6. The molecule has 0 saturated carbocycles. The molecule has 1 aromatic carbocycles. The fourth-order valence-electron chi connectivity index (χ4n) is 2.88. The smallest absolute Gasteiger partial charge is 0.409 e. The first-order valence-electron chi connectivity index (χ1n) is 9.56. The largest absolute Gasteiger partial charge is 0.449 e. The van der Waals surface area contributed by atoms with Crippen molar-refractivity contribution in [2.45, 2.75) is 20.8 Å². The lowest BCUT2D eigenvalue weighted by atomic mass is 10.1. The first kappa shape index (κ1) is 23.5. The molecule has 3 amide bonds. The van der Waals surface area contributed by atoms with E-state index in [2.05, 4.69) is 10.0 Å². The van der Waals surface area contributed by atoms with Gasteiger partial charge in [0.25, 0.3) is 5.91 Å². The van der Waals surface area contributed by atoms with Gasteiger partial charge in [-0.2, -0.15) is 0 Å². The van der Waals surface area contributed by atoms with Crippen LogP contribution in [0.15, 0.2) is 18.2 Å². The SMILES string of the molecule is CC(=O)Nc1ccc(NS(C)(=O)=O)c(C(=O)N2CCN(C(=O)OCC(C)C)CC2)c1. The zero-order chi connectivity index (χ0) is 22.5. The molecule has 30 heavy (non-hydrogen) atoms. The summed E-state index contributed by atoms with van der Waals surface area (Å²) in [5.74, 6) is -0.484. The lowest BCUT2D eigenvalue weighted by Gasteiger charge is -2.34. The number of nitrogens with zero attached hydrogens (tertiary/aromatic N) is 2. The molecule has 0 atom stereocenters. The van der Waals surface area contributed by atoms with Crippen LogP contribution in [0.5, 0.6) is 0 Å². The summed E-state index contributed by atoms with van der Waals surface area (Å²) in [6, 6.07) is 4.37. The van der Waals surface area contributed by atoms with Gasteiger partial charge in [0.2, 0.25) is 15.9 Å². The molecule has 2 rings (SSSR count). The molecule has 0 bridgehead atoms. The zero-order valence-electron chi connectivity index (χ0n) is 17.6. The van der Waals surface area contributed by atoms with Crippen molar-refractivity contribution in [3.8, 4) is 0 Å². The average Bonchev–Trinajstić information content (AvgIpc) is 2.65. The molecule has 10 nitrogen and oxygen atoms in total. The number of piperazine rings is 1. The van der Waals surface area contributed by atoms with E-state index < -0.39 is 22.0 Å². The molecule has 0 aliphatic carbocycles. The highest BCUT2D eigenvalue weighted by Gasteiger charge is 2.27. The molecule has 2 N–H and O–H groups in total. The van der Waals surface area contributed by atoms with Crippen LogP contribution >= 0.6 is 0 Å². The summed E-state index contributed by atoms with van der Waals surface area (Å²) < 4.78 is 30.9. The highest BCUT2D eigenvalue weighted by atomic mass is 32.2. The van der Waals surface area contributed by atoms with Crippen LogP contribution in [0, 0.1) is 5.92 Å². The van der Waals surface area contributed by atoms with Gasteiger partial charge in [0.1, 0.15) is 0 Å². The normalized spacial score (nSPS) is 14.4. The molecule has 1 saturated heterocycles. The summed E-state index contributed by atoms with van der Waals surface area (Å²) in [4.78, 5) is 39.6. The van der Waals surface area contributed by atoms with Crippen molar-refractivity contribution in [3.63, 3.8) is 0 Å². The highest BCUT2D eigenvalue weighted by Crippen LogP contribution is 2.24. The van der Waals surface area contributed by atoms with Crippen LogP contribution in [0.2, 0.25) is 0 Å². The van der Waals surface area contributed by atoms with Crippen LogP contribution in [0.1, 0.15) is 31.1 Å². The van der Waals surface area contributed by atoms with Gasteiger partial charge in [-0.3, -0.25) is 14.3 Å². The number of rotatable bonds is 6. The van der Waals surface area contributed by atoms with E-state index in [4.69, 9.17) is 4.74 Å². The predicted octanol–water partition coefficient (Wildman–Crippen LogP) is 1.57. The van der Waals surface area contributed by atoms with Crippen molar-refractivity contribution < 1.29 is 27.5 Å². The van der Waals surface area contributed by atoms with Crippen LogP contribution in [0.4, 0.5) is 16.2 Å². The second-order valence-corrected chi connectivity index (χ2v) is 9.31. The van der Waals surface area contributed by atoms with Crippen LogP contribution in [0.3, 0.4) is 0 Å². The van der Waals surface area contributed by atoms with Crippen molar-refractivity contribution in [1.29, 1.82) is 0 Å². The fraction of sp³-hybridized carbons (Fsp3) is 0.526. The number of sulfonamides is 1. The second kappa shape index (κ2) is 9.79. The third-order valence-corrected chi connectivity index (χ3v) is 4.82. The third-order valence-electron chi connectivity index (χ3n) is 4.23. The first-order chi connectivity index (χ1) is 14.0.